The highest BCUT2D eigenvalue weighted by Crippen LogP contribution is 2.52. The Hall–Kier alpha value is -3.36. The lowest BCUT2D eigenvalue weighted by atomic mass is 9.85. The Morgan fingerprint density at radius 2 is 1.79 bits per heavy atom. The van der Waals surface area contributed by atoms with E-state index in [9.17, 15) is 28.9 Å². The molecule has 1 amide bonds. The summed E-state index contributed by atoms with van der Waals surface area (Å²) in [5.74, 6) is -1.52. The van der Waals surface area contributed by atoms with Crippen molar-refractivity contribution in [2.75, 3.05) is 31.7 Å². The van der Waals surface area contributed by atoms with Gasteiger partial charge >= 0.3 is 6.29 Å². The predicted molar refractivity (Wildman–Crippen MR) is 153 cm³/mol. The van der Waals surface area contributed by atoms with Gasteiger partial charge in [0.25, 0.3) is 0 Å². The van der Waals surface area contributed by atoms with Crippen LogP contribution in [0.5, 0.6) is 11.5 Å². The van der Waals surface area contributed by atoms with Crippen LogP contribution >= 0.6 is 0 Å². The number of hydrogen-bond donors (Lipinski definition) is 5. The number of fused-ring (bicyclic) bond motifs is 2. The zero-order valence-corrected chi connectivity index (χ0v) is 23.8. The van der Waals surface area contributed by atoms with E-state index in [1.807, 2.05) is 19.9 Å². The average Bonchev–Trinajstić information content (AvgIpc) is 3.61. The van der Waals surface area contributed by atoms with E-state index in [0.29, 0.717) is 35.7 Å². The first-order valence-corrected chi connectivity index (χ1v) is 14.0. The van der Waals surface area contributed by atoms with Crippen LogP contribution in [0, 0.1) is 5.82 Å². The fraction of sp³-hybridized carbons (Fsp3) is 0.500. The van der Waals surface area contributed by atoms with Crippen LogP contribution in [-0.4, -0.2) is 75.8 Å². The fourth-order valence-electron chi connectivity index (χ4n) is 5.39. The van der Waals surface area contributed by atoms with E-state index in [1.54, 1.807) is 4.57 Å². The van der Waals surface area contributed by atoms with Gasteiger partial charge in [0.1, 0.15) is 11.9 Å². The SMILES string of the molecule is CC(C)(CCOC[C@@H](O)CO)c1cc2cc(NC(=O)C3(c4ccc5c(c4)OC(F)(F)O5)CC3)c(F)cc2n1C[C@@H](O)CO.[HH].[HH]. The minimum absolute atomic E-state index is 0. The predicted octanol–water partition coefficient (Wildman–Crippen LogP) is 3.65. The molecular formula is C30H39F3N2O8. The van der Waals surface area contributed by atoms with Crippen LogP contribution in [0.15, 0.2) is 36.4 Å². The van der Waals surface area contributed by atoms with Gasteiger partial charge in [-0.1, -0.05) is 19.9 Å². The van der Waals surface area contributed by atoms with Gasteiger partial charge in [-0.2, -0.15) is 0 Å². The summed E-state index contributed by atoms with van der Waals surface area (Å²) in [5.41, 5.74) is -0.0477. The molecular weight excluding hydrogens is 573 g/mol. The Morgan fingerprint density at radius 1 is 1.09 bits per heavy atom. The highest BCUT2D eigenvalue weighted by Gasteiger charge is 2.53. The number of nitrogens with zero attached hydrogens (tertiary/aromatic N) is 1. The number of amides is 1. The third-order valence-electron chi connectivity index (χ3n) is 8.07. The maximum atomic E-state index is 15.5. The highest BCUT2D eigenvalue weighted by atomic mass is 19.3. The number of carbonyl (C=O) groups is 1. The molecule has 2 aliphatic rings. The van der Waals surface area contributed by atoms with Crippen molar-refractivity contribution in [3.8, 4) is 11.5 Å². The summed E-state index contributed by atoms with van der Waals surface area (Å²) in [6, 6.07) is 8.75. The minimum Gasteiger partial charge on any atom is -0.395 e. The van der Waals surface area contributed by atoms with Crippen LogP contribution in [-0.2, 0) is 26.9 Å². The number of rotatable bonds is 13. The lowest BCUT2D eigenvalue weighted by Crippen LogP contribution is -2.29. The first kappa shape index (κ1) is 31.1. The lowest BCUT2D eigenvalue weighted by Gasteiger charge is -2.28. The molecule has 2 heterocycles. The molecule has 2 aromatic carbocycles. The van der Waals surface area contributed by atoms with Gasteiger partial charge in [0.2, 0.25) is 5.91 Å². The summed E-state index contributed by atoms with van der Waals surface area (Å²) in [6.45, 7) is 3.16. The summed E-state index contributed by atoms with van der Waals surface area (Å²) in [5, 5.41) is 41.5. The third kappa shape index (κ3) is 6.31. The molecule has 0 unspecified atom stereocenters. The molecule has 1 aromatic heterocycles. The maximum absolute atomic E-state index is 15.5. The second-order valence-electron chi connectivity index (χ2n) is 11.8. The molecule has 238 valence electrons. The van der Waals surface area contributed by atoms with Gasteiger partial charge in [0, 0.05) is 32.0 Å². The number of aliphatic hydroxyl groups is 4. The van der Waals surface area contributed by atoms with Gasteiger partial charge in [0.05, 0.1) is 49.1 Å². The quantitative estimate of drug-likeness (QED) is 0.184. The van der Waals surface area contributed by atoms with Crippen LogP contribution in [0.3, 0.4) is 0 Å². The van der Waals surface area contributed by atoms with Crippen molar-refractivity contribution in [2.24, 2.45) is 0 Å². The Bertz CT molecular complexity index is 1520. The molecule has 5 N–H and O–H groups in total. The number of benzene rings is 2. The van der Waals surface area contributed by atoms with Crippen molar-refractivity contribution < 1.29 is 55.5 Å². The first-order chi connectivity index (χ1) is 20.3. The zero-order chi connectivity index (χ0) is 31.2. The number of anilines is 1. The van der Waals surface area contributed by atoms with E-state index >= 15 is 4.39 Å². The normalized spacial score (nSPS) is 18.1. The molecule has 5 rings (SSSR count). The van der Waals surface area contributed by atoms with E-state index in [2.05, 4.69) is 14.8 Å². The number of hydrogen-bond acceptors (Lipinski definition) is 8. The van der Waals surface area contributed by atoms with Gasteiger partial charge in [-0.25, -0.2) is 4.39 Å². The van der Waals surface area contributed by atoms with Crippen LogP contribution in [0.25, 0.3) is 10.9 Å². The molecule has 0 spiro atoms. The van der Waals surface area contributed by atoms with E-state index in [4.69, 9.17) is 9.84 Å². The van der Waals surface area contributed by atoms with Crippen molar-refractivity contribution >= 4 is 22.5 Å². The topological polar surface area (TPSA) is 143 Å². The Kier molecular flexibility index (Phi) is 8.40. The monoisotopic (exact) mass is 612 g/mol. The maximum Gasteiger partial charge on any atom is 0.586 e. The fourth-order valence-corrected chi connectivity index (χ4v) is 5.39. The van der Waals surface area contributed by atoms with Crippen molar-refractivity contribution in [3.05, 3.63) is 53.5 Å². The zero-order valence-electron chi connectivity index (χ0n) is 23.8. The number of ether oxygens (including phenoxy) is 3. The lowest BCUT2D eigenvalue weighted by molar-refractivity contribution is -0.286. The molecule has 3 aromatic rings. The molecule has 1 saturated carbocycles. The smallest absolute Gasteiger partial charge is 0.395 e. The Morgan fingerprint density at radius 3 is 2.47 bits per heavy atom. The largest absolute Gasteiger partial charge is 0.586 e. The number of nitrogens with one attached hydrogen (secondary N) is 1. The summed E-state index contributed by atoms with van der Waals surface area (Å²) in [7, 11) is 0. The number of alkyl halides is 2. The van der Waals surface area contributed by atoms with Crippen molar-refractivity contribution in [2.45, 2.75) is 69.0 Å². The number of aromatic nitrogens is 1. The Balaban J connectivity index is 0.00000276. The van der Waals surface area contributed by atoms with Gasteiger partial charge in [-0.15, -0.1) is 8.78 Å². The van der Waals surface area contributed by atoms with E-state index < -0.39 is 54.3 Å². The van der Waals surface area contributed by atoms with Gasteiger partial charge in [-0.3, -0.25) is 4.79 Å². The second-order valence-corrected chi connectivity index (χ2v) is 11.8. The Labute approximate surface area is 248 Å². The molecule has 1 fully saturated rings. The molecule has 13 heteroatoms. The van der Waals surface area contributed by atoms with Crippen molar-refractivity contribution in [1.29, 1.82) is 0 Å². The number of aliphatic hydroxyl groups excluding tert-OH is 4. The minimum atomic E-state index is -3.79. The molecule has 0 saturated heterocycles. The third-order valence-corrected chi connectivity index (χ3v) is 8.07. The summed E-state index contributed by atoms with van der Waals surface area (Å²) in [4.78, 5) is 13.4. The number of halogens is 3. The molecule has 1 aliphatic carbocycles. The van der Waals surface area contributed by atoms with Crippen LogP contribution in [0.4, 0.5) is 18.9 Å². The van der Waals surface area contributed by atoms with Crippen molar-refractivity contribution in [3.63, 3.8) is 0 Å². The van der Waals surface area contributed by atoms with E-state index in [0.717, 1.165) is 5.69 Å². The summed E-state index contributed by atoms with van der Waals surface area (Å²) >= 11 is 0. The molecule has 2 atom stereocenters. The summed E-state index contributed by atoms with van der Waals surface area (Å²) < 4.78 is 58.7. The first-order valence-electron chi connectivity index (χ1n) is 14.0. The van der Waals surface area contributed by atoms with Crippen LogP contribution < -0.4 is 14.8 Å². The number of carbonyl (C=O) groups excluding carboxylic acids is 1. The van der Waals surface area contributed by atoms with E-state index in [-0.39, 0.29) is 39.8 Å². The van der Waals surface area contributed by atoms with Crippen LogP contribution in [0.2, 0.25) is 0 Å². The summed E-state index contributed by atoms with van der Waals surface area (Å²) in [6.07, 6.45) is -4.54. The molecule has 1 aliphatic heterocycles. The molecule has 0 radical (unpaired) electrons. The van der Waals surface area contributed by atoms with Crippen molar-refractivity contribution in [1.82, 2.24) is 4.57 Å². The molecule has 10 nitrogen and oxygen atoms in total. The van der Waals surface area contributed by atoms with Gasteiger partial charge in [-0.05, 0) is 49.1 Å². The molecule has 0 bridgehead atoms. The highest BCUT2D eigenvalue weighted by molar-refractivity contribution is 6.03. The average molecular weight is 613 g/mol. The van der Waals surface area contributed by atoms with E-state index in [1.165, 1.54) is 30.3 Å². The van der Waals surface area contributed by atoms with Gasteiger partial charge in [0.15, 0.2) is 11.5 Å². The van der Waals surface area contributed by atoms with Gasteiger partial charge < -0.3 is 44.5 Å². The molecule has 43 heavy (non-hydrogen) atoms. The van der Waals surface area contributed by atoms with Crippen LogP contribution in [0.1, 0.15) is 47.2 Å². The second kappa shape index (κ2) is 11.6. The standard InChI is InChI=1S/C30H35F3N2O8.2H2/c1-28(2,7-8-41-16-20(39)15-37)26-10-17-9-22(21(31)12-23(17)35(26)13-19(38)14-36)34-27(40)29(5-6-29)18-3-4-24-25(11-18)43-30(32,33)42-24;;/h3-4,9-12,19-20,36-39H,5-8,13-16H2,1-2H3,(H,34,40);2*1H/t19-,20+;;/m1../s1.